The van der Waals surface area contributed by atoms with E-state index in [1.165, 1.54) is 17.1 Å². The lowest BCUT2D eigenvalue weighted by Gasteiger charge is -2.15. The highest BCUT2D eigenvalue weighted by atomic mass is 35.5. The predicted octanol–water partition coefficient (Wildman–Crippen LogP) is 3.04. The third kappa shape index (κ3) is 6.82. The number of hydrogen-bond acceptors (Lipinski definition) is 7. The number of carbonyl (C=O) groups is 2. The molecule has 2 aromatic heterocycles. The summed E-state index contributed by atoms with van der Waals surface area (Å²) in [6.07, 6.45) is 4.16. The van der Waals surface area contributed by atoms with Gasteiger partial charge in [-0.25, -0.2) is 4.98 Å². The molecule has 0 fully saturated rings. The van der Waals surface area contributed by atoms with Gasteiger partial charge in [-0.3, -0.25) is 9.59 Å². The molecule has 11 nitrogen and oxygen atoms in total. The first-order valence-corrected chi connectivity index (χ1v) is 12.3. The Morgan fingerprint density at radius 3 is 2.68 bits per heavy atom. The van der Waals surface area contributed by atoms with Crippen molar-refractivity contribution in [2.24, 2.45) is 0 Å². The third-order valence-corrected chi connectivity index (χ3v) is 5.98. The van der Waals surface area contributed by atoms with Crippen LogP contribution in [0.5, 0.6) is 0 Å². The number of nitrogens with one attached hydrogen (secondary N) is 3. The molecule has 0 unspecified atom stereocenters. The summed E-state index contributed by atoms with van der Waals surface area (Å²) in [5, 5.41) is 26.3. The van der Waals surface area contributed by atoms with E-state index in [4.69, 9.17) is 28.3 Å². The first-order valence-electron chi connectivity index (χ1n) is 11.6. The second-order valence-corrected chi connectivity index (χ2v) is 9.09. The van der Waals surface area contributed by atoms with Crippen LogP contribution in [0.2, 0.25) is 10.2 Å². The molecule has 196 valence electrons. The molecule has 0 spiro atoms. The molecule has 4 rings (SSSR count). The van der Waals surface area contributed by atoms with Crippen molar-refractivity contribution in [2.45, 2.75) is 19.4 Å². The Labute approximate surface area is 227 Å². The highest BCUT2D eigenvalue weighted by molar-refractivity contribution is 6.32. The zero-order valence-electron chi connectivity index (χ0n) is 20.2. The Hall–Kier alpha value is -4.06. The lowest BCUT2D eigenvalue weighted by Crippen LogP contribution is -2.34. The summed E-state index contributed by atoms with van der Waals surface area (Å²) in [6, 6.07) is 11.9. The van der Waals surface area contributed by atoms with Gasteiger partial charge in [0.2, 0.25) is 11.8 Å². The molecule has 4 aromatic rings. The number of rotatable bonds is 10. The summed E-state index contributed by atoms with van der Waals surface area (Å²) in [4.78, 5) is 33.0. The van der Waals surface area contributed by atoms with Gasteiger partial charge < -0.3 is 20.7 Å². The number of H-pyrrole nitrogens is 1. The van der Waals surface area contributed by atoms with Crippen molar-refractivity contribution in [3.63, 3.8) is 0 Å². The van der Waals surface area contributed by atoms with E-state index in [-0.39, 0.29) is 30.6 Å². The number of imidazole rings is 1. The van der Waals surface area contributed by atoms with Gasteiger partial charge in [0, 0.05) is 28.8 Å². The van der Waals surface area contributed by atoms with Crippen LogP contribution in [-0.2, 0) is 9.59 Å². The Bertz CT molecular complexity index is 1440. The highest BCUT2D eigenvalue weighted by Gasteiger charge is 2.23. The molecule has 0 aliphatic carbocycles. The maximum atomic E-state index is 13.0. The molecule has 0 aliphatic rings. The first-order chi connectivity index (χ1) is 18.3. The van der Waals surface area contributed by atoms with Crippen LogP contribution in [-0.4, -0.2) is 60.2 Å². The van der Waals surface area contributed by atoms with Crippen LogP contribution in [0.3, 0.4) is 0 Å². The number of aryl methyl sites for hydroxylation is 1. The number of amides is 2. The number of benzene rings is 2. The van der Waals surface area contributed by atoms with E-state index in [1.807, 2.05) is 31.2 Å². The van der Waals surface area contributed by atoms with E-state index in [1.54, 1.807) is 24.3 Å². The molecule has 0 bridgehead atoms. The quantitative estimate of drug-likeness (QED) is 0.220. The van der Waals surface area contributed by atoms with Crippen molar-refractivity contribution >= 4 is 41.1 Å². The summed E-state index contributed by atoms with van der Waals surface area (Å²) in [5.74, 6) is -0.561. The molecular weight excluding hydrogens is 531 g/mol. The molecule has 0 saturated carbocycles. The summed E-state index contributed by atoms with van der Waals surface area (Å²) in [7, 11) is 0. The van der Waals surface area contributed by atoms with Crippen LogP contribution in [0, 0.1) is 6.92 Å². The van der Waals surface area contributed by atoms with E-state index < -0.39 is 11.9 Å². The average Bonchev–Trinajstić information content (AvgIpc) is 3.57. The molecule has 0 aliphatic heterocycles. The average molecular weight is 555 g/mol. The molecule has 38 heavy (non-hydrogen) atoms. The first kappa shape index (κ1) is 27.0. The van der Waals surface area contributed by atoms with Crippen molar-refractivity contribution in [1.82, 2.24) is 40.8 Å². The second kappa shape index (κ2) is 12.5. The number of hydrogen-bond donors (Lipinski definition) is 4. The molecule has 2 aromatic carbocycles. The van der Waals surface area contributed by atoms with Gasteiger partial charge in [-0.15, -0.1) is 5.10 Å². The Balaban J connectivity index is 1.58. The van der Waals surface area contributed by atoms with Crippen LogP contribution in [0.4, 0.5) is 0 Å². The van der Waals surface area contributed by atoms with Gasteiger partial charge in [-0.1, -0.05) is 53.0 Å². The van der Waals surface area contributed by atoms with Gasteiger partial charge in [0.05, 0.1) is 24.8 Å². The normalized spacial score (nSPS) is 12.0. The summed E-state index contributed by atoms with van der Waals surface area (Å²) in [5.41, 5.74) is 3.58. The van der Waals surface area contributed by atoms with Gasteiger partial charge in [0.25, 0.3) is 0 Å². The number of nitrogens with zero attached hydrogens (tertiary/aromatic N) is 5. The van der Waals surface area contributed by atoms with E-state index in [9.17, 15) is 9.59 Å². The number of aromatic amines is 1. The Kier molecular flexibility index (Phi) is 8.85. The molecule has 0 radical (unpaired) electrons. The molecule has 0 saturated heterocycles. The topological polar surface area (TPSA) is 151 Å². The van der Waals surface area contributed by atoms with Gasteiger partial charge >= 0.3 is 0 Å². The Morgan fingerprint density at radius 1 is 1.18 bits per heavy atom. The van der Waals surface area contributed by atoms with Crippen LogP contribution in [0.25, 0.3) is 23.0 Å². The predicted molar refractivity (Wildman–Crippen MR) is 143 cm³/mol. The zero-order chi connectivity index (χ0) is 27.1. The van der Waals surface area contributed by atoms with Crippen LogP contribution >= 0.6 is 23.2 Å². The Morgan fingerprint density at radius 2 is 1.97 bits per heavy atom. The number of halogens is 2. The maximum Gasteiger partial charge on any atom is 0.244 e. The van der Waals surface area contributed by atoms with E-state index >= 15 is 0 Å². The smallest absolute Gasteiger partial charge is 0.244 e. The third-order valence-electron chi connectivity index (χ3n) is 5.47. The summed E-state index contributed by atoms with van der Waals surface area (Å²) < 4.78 is 1.44. The van der Waals surface area contributed by atoms with Crippen LogP contribution in [0.15, 0.2) is 54.9 Å². The van der Waals surface area contributed by atoms with Crippen molar-refractivity contribution < 1.29 is 14.7 Å². The van der Waals surface area contributed by atoms with Crippen LogP contribution < -0.4 is 10.6 Å². The van der Waals surface area contributed by atoms with Crippen molar-refractivity contribution in [2.75, 3.05) is 13.2 Å². The minimum atomic E-state index is -0.833. The largest absolute Gasteiger partial charge is 0.395 e. The maximum absolute atomic E-state index is 13.0. The number of tetrazole rings is 1. The van der Waals surface area contributed by atoms with Gasteiger partial charge in [-0.2, -0.15) is 4.68 Å². The summed E-state index contributed by atoms with van der Waals surface area (Å²) in [6.45, 7) is 1.85. The van der Waals surface area contributed by atoms with Crippen molar-refractivity contribution in [1.29, 1.82) is 0 Å². The molecule has 4 N–H and O–H groups in total. The molecule has 2 heterocycles. The van der Waals surface area contributed by atoms with E-state index in [0.717, 1.165) is 11.1 Å². The molecule has 13 heteroatoms. The molecule has 1 atom stereocenters. The highest BCUT2D eigenvalue weighted by Crippen LogP contribution is 2.28. The molecule has 2 amide bonds. The summed E-state index contributed by atoms with van der Waals surface area (Å²) >= 11 is 12.6. The van der Waals surface area contributed by atoms with Crippen molar-refractivity contribution in [3.05, 3.63) is 82.0 Å². The van der Waals surface area contributed by atoms with Crippen LogP contribution in [0.1, 0.15) is 29.4 Å². The SMILES string of the molecule is Cc1ccc(-c2nc([C@H](CC(=O)NCCO)NC(=O)/C=C/c3cc(Cl)ccc3-n3cnnn3)[nH]c2Cl)cc1. The minimum absolute atomic E-state index is 0.0849. The lowest BCUT2D eigenvalue weighted by molar-refractivity contribution is -0.122. The van der Waals surface area contributed by atoms with Crippen molar-refractivity contribution in [3.8, 4) is 16.9 Å². The minimum Gasteiger partial charge on any atom is -0.395 e. The van der Waals surface area contributed by atoms with Gasteiger partial charge in [0.15, 0.2) is 0 Å². The van der Waals surface area contributed by atoms with Gasteiger partial charge in [0.1, 0.15) is 23.0 Å². The molecular formula is C25H24Cl2N8O3. The fraction of sp³-hybridized carbons (Fsp3) is 0.200. The number of aliphatic hydroxyl groups excluding tert-OH is 1. The number of aromatic nitrogens is 6. The lowest BCUT2D eigenvalue weighted by atomic mass is 10.1. The zero-order valence-corrected chi connectivity index (χ0v) is 21.7. The fourth-order valence-electron chi connectivity index (χ4n) is 3.63. The van der Waals surface area contributed by atoms with Gasteiger partial charge in [-0.05, 0) is 41.6 Å². The van der Waals surface area contributed by atoms with E-state index in [0.29, 0.717) is 27.8 Å². The number of carbonyl (C=O) groups excluding carboxylic acids is 2. The second-order valence-electron chi connectivity index (χ2n) is 8.28. The number of aliphatic hydroxyl groups is 1. The van der Waals surface area contributed by atoms with E-state index in [2.05, 4.69) is 36.1 Å². The monoisotopic (exact) mass is 554 g/mol. The standard InChI is InChI=1S/C25H24Cl2N8O3/c1-15-2-4-16(5-3-15)23-24(27)32-25(31-23)19(13-22(38)28-10-11-36)30-21(37)9-6-17-12-18(26)7-8-20(17)35-14-29-33-34-35/h2-9,12,14,19,36H,10-11,13H2,1H3,(H,28,38)(H,30,37)(H,31,32)/b9-6+/t19-/m0/s1. The fourth-order valence-corrected chi connectivity index (χ4v) is 4.06.